The molecule has 1 aliphatic rings. The van der Waals surface area contributed by atoms with Crippen LogP contribution in [0.25, 0.3) is 0 Å². The number of amides is 1. The summed E-state index contributed by atoms with van der Waals surface area (Å²) in [5, 5.41) is 8.64. The van der Waals surface area contributed by atoms with Crippen LogP contribution in [0.5, 0.6) is 5.75 Å². The number of carboxylic acids is 1. The van der Waals surface area contributed by atoms with Crippen LogP contribution >= 0.6 is 0 Å². The lowest BCUT2D eigenvalue weighted by Gasteiger charge is -2.33. The van der Waals surface area contributed by atoms with Crippen LogP contribution in [0.3, 0.4) is 0 Å². The van der Waals surface area contributed by atoms with Gasteiger partial charge >= 0.3 is 5.97 Å². The molecule has 0 atom stereocenters. The zero-order valence-corrected chi connectivity index (χ0v) is 15.8. The van der Waals surface area contributed by atoms with Crippen molar-refractivity contribution in [1.29, 1.82) is 0 Å². The van der Waals surface area contributed by atoms with E-state index in [1.165, 1.54) is 0 Å². The molecule has 2 heterocycles. The molecule has 1 saturated heterocycles. The molecule has 1 fully saturated rings. The van der Waals surface area contributed by atoms with Gasteiger partial charge in [0, 0.05) is 45.0 Å². The van der Waals surface area contributed by atoms with Crippen molar-refractivity contribution in [2.75, 3.05) is 31.6 Å². The number of hydrogen-bond acceptors (Lipinski definition) is 6. The van der Waals surface area contributed by atoms with Crippen molar-refractivity contribution < 1.29 is 19.4 Å². The molecular weight excluding hydrogens is 360 g/mol. The highest BCUT2D eigenvalue weighted by Crippen LogP contribution is 2.23. The number of carboxylic acid groups (broad SMARTS) is 1. The second-order valence-electron chi connectivity index (χ2n) is 6.85. The molecule has 1 aromatic heterocycles. The Labute approximate surface area is 163 Å². The topological polar surface area (TPSA) is 95.9 Å². The van der Waals surface area contributed by atoms with Gasteiger partial charge in [0.1, 0.15) is 11.6 Å². The summed E-state index contributed by atoms with van der Waals surface area (Å²) in [6.07, 6.45) is 6.67. The monoisotopic (exact) mass is 384 g/mol. The lowest BCUT2D eigenvalue weighted by molar-refractivity contribution is -0.139. The fourth-order valence-corrected chi connectivity index (χ4v) is 3.31. The number of piperidine rings is 1. The Morgan fingerprint density at radius 3 is 2.54 bits per heavy atom. The summed E-state index contributed by atoms with van der Waals surface area (Å²) in [5.41, 5.74) is 0.968. The van der Waals surface area contributed by atoms with E-state index in [0.29, 0.717) is 12.3 Å². The second kappa shape index (κ2) is 9.16. The molecule has 1 aromatic carbocycles. The molecule has 0 bridgehead atoms. The first-order valence-electron chi connectivity index (χ1n) is 9.22. The molecule has 3 rings (SSSR count). The number of rotatable bonds is 7. The molecule has 0 radical (unpaired) electrons. The first kappa shape index (κ1) is 19.6. The van der Waals surface area contributed by atoms with Crippen molar-refractivity contribution in [3.63, 3.8) is 0 Å². The summed E-state index contributed by atoms with van der Waals surface area (Å²) in [5.74, 6) is 0.490. The van der Waals surface area contributed by atoms with Gasteiger partial charge in [-0.3, -0.25) is 9.78 Å². The van der Waals surface area contributed by atoms with Gasteiger partial charge in [0.15, 0.2) is 6.61 Å². The van der Waals surface area contributed by atoms with Gasteiger partial charge in [-0.05, 0) is 30.5 Å². The predicted molar refractivity (Wildman–Crippen MR) is 103 cm³/mol. The molecule has 1 N–H and O–H groups in total. The minimum Gasteiger partial charge on any atom is -0.482 e. The van der Waals surface area contributed by atoms with Gasteiger partial charge in [-0.15, -0.1) is 0 Å². The van der Waals surface area contributed by atoms with Crippen molar-refractivity contribution in [3.05, 3.63) is 48.4 Å². The van der Waals surface area contributed by atoms with Crippen molar-refractivity contribution in [2.45, 2.75) is 19.4 Å². The smallest absolute Gasteiger partial charge is 0.341 e. The van der Waals surface area contributed by atoms with Crippen LogP contribution in [0.4, 0.5) is 5.82 Å². The maximum Gasteiger partial charge on any atom is 0.341 e. The molecule has 1 amide bonds. The molecule has 2 aromatic rings. The van der Waals surface area contributed by atoms with Crippen LogP contribution in [0.1, 0.15) is 18.4 Å². The van der Waals surface area contributed by atoms with Gasteiger partial charge < -0.3 is 19.6 Å². The summed E-state index contributed by atoms with van der Waals surface area (Å²) in [4.78, 5) is 35.6. The number of benzene rings is 1. The SMILES string of the molecule is CN(Cc1ccc(OCC(=O)O)cc1)C(=O)C1CCN(c2cnccn2)CC1. The predicted octanol–water partition coefficient (Wildman–Crippen LogP) is 1.82. The molecule has 1 aliphatic heterocycles. The summed E-state index contributed by atoms with van der Waals surface area (Å²) in [6, 6.07) is 7.13. The van der Waals surface area contributed by atoms with Crippen LogP contribution in [-0.4, -0.2) is 58.6 Å². The molecule has 8 nitrogen and oxygen atoms in total. The second-order valence-corrected chi connectivity index (χ2v) is 6.85. The molecule has 0 unspecified atom stereocenters. The van der Waals surface area contributed by atoms with Crippen LogP contribution in [0.2, 0.25) is 0 Å². The molecule has 28 heavy (non-hydrogen) atoms. The van der Waals surface area contributed by atoms with E-state index in [4.69, 9.17) is 9.84 Å². The van der Waals surface area contributed by atoms with E-state index in [1.54, 1.807) is 35.6 Å². The Balaban J connectivity index is 1.49. The van der Waals surface area contributed by atoms with Gasteiger partial charge in [0.2, 0.25) is 5.91 Å². The number of nitrogens with zero attached hydrogens (tertiary/aromatic N) is 4. The molecule has 148 valence electrons. The molecule has 0 saturated carbocycles. The lowest BCUT2D eigenvalue weighted by atomic mass is 9.95. The minimum atomic E-state index is -1.01. The van der Waals surface area contributed by atoms with Crippen LogP contribution in [0.15, 0.2) is 42.9 Å². The van der Waals surface area contributed by atoms with E-state index in [9.17, 15) is 9.59 Å². The van der Waals surface area contributed by atoms with Crippen LogP contribution < -0.4 is 9.64 Å². The number of aromatic nitrogens is 2. The van der Waals surface area contributed by atoms with Gasteiger partial charge in [-0.25, -0.2) is 9.78 Å². The van der Waals surface area contributed by atoms with Crippen molar-refractivity contribution in [3.8, 4) is 5.75 Å². The number of carbonyl (C=O) groups is 2. The Morgan fingerprint density at radius 2 is 1.93 bits per heavy atom. The third-order valence-electron chi connectivity index (χ3n) is 4.80. The third kappa shape index (κ3) is 5.18. The fourth-order valence-electron chi connectivity index (χ4n) is 3.31. The highest BCUT2D eigenvalue weighted by atomic mass is 16.5. The minimum absolute atomic E-state index is 0.0103. The van der Waals surface area contributed by atoms with Crippen molar-refractivity contribution in [2.24, 2.45) is 5.92 Å². The Hall–Kier alpha value is -3.16. The lowest BCUT2D eigenvalue weighted by Crippen LogP contribution is -2.41. The average molecular weight is 384 g/mol. The number of anilines is 1. The highest BCUT2D eigenvalue weighted by Gasteiger charge is 2.27. The molecule has 0 aliphatic carbocycles. The van der Waals surface area contributed by atoms with E-state index in [1.807, 2.05) is 19.2 Å². The zero-order chi connectivity index (χ0) is 19.9. The van der Waals surface area contributed by atoms with Crippen molar-refractivity contribution >= 4 is 17.7 Å². The Kier molecular flexibility index (Phi) is 6.41. The van der Waals surface area contributed by atoms with Gasteiger partial charge in [0.05, 0.1) is 6.20 Å². The largest absolute Gasteiger partial charge is 0.482 e. The van der Waals surface area contributed by atoms with Gasteiger partial charge in [-0.1, -0.05) is 12.1 Å². The number of carbonyl (C=O) groups excluding carboxylic acids is 1. The number of ether oxygens (including phenoxy) is 1. The standard InChI is InChI=1S/C20H24N4O4/c1-23(13-15-2-4-17(5-3-15)28-14-19(25)26)20(27)16-6-10-24(11-7-16)18-12-21-8-9-22-18/h2-5,8-9,12,16H,6-7,10-11,13-14H2,1H3,(H,25,26). The van der Waals surface area contributed by atoms with Gasteiger partial charge in [-0.2, -0.15) is 0 Å². The quantitative estimate of drug-likeness (QED) is 0.778. The van der Waals surface area contributed by atoms with E-state index in [-0.39, 0.29) is 18.4 Å². The maximum absolute atomic E-state index is 12.8. The van der Waals surface area contributed by atoms with E-state index in [0.717, 1.165) is 37.3 Å². The number of hydrogen-bond donors (Lipinski definition) is 1. The first-order valence-corrected chi connectivity index (χ1v) is 9.22. The van der Waals surface area contributed by atoms with Crippen LogP contribution in [-0.2, 0) is 16.1 Å². The number of aliphatic carboxylic acids is 1. The van der Waals surface area contributed by atoms with E-state index in [2.05, 4.69) is 14.9 Å². The highest BCUT2D eigenvalue weighted by molar-refractivity contribution is 5.79. The van der Waals surface area contributed by atoms with Crippen molar-refractivity contribution in [1.82, 2.24) is 14.9 Å². The summed E-state index contributed by atoms with van der Waals surface area (Å²) in [6.45, 7) is 1.71. The molecule has 8 heteroatoms. The third-order valence-corrected chi connectivity index (χ3v) is 4.80. The summed E-state index contributed by atoms with van der Waals surface area (Å²) >= 11 is 0. The van der Waals surface area contributed by atoms with Gasteiger partial charge in [0.25, 0.3) is 0 Å². The normalized spacial score (nSPS) is 14.5. The molecular formula is C20H24N4O4. The summed E-state index contributed by atoms with van der Waals surface area (Å²) < 4.78 is 5.12. The zero-order valence-electron chi connectivity index (χ0n) is 15.8. The summed E-state index contributed by atoms with van der Waals surface area (Å²) in [7, 11) is 1.81. The van der Waals surface area contributed by atoms with E-state index >= 15 is 0 Å². The Morgan fingerprint density at radius 1 is 1.21 bits per heavy atom. The molecule has 0 spiro atoms. The fraction of sp³-hybridized carbons (Fsp3) is 0.400. The Bertz CT molecular complexity index is 790. The maximum atomic E-state index is 12.8. The first-order chi connectivity index (χ1) is 13.5. The van der Waals surface area contributed by atoms with E-state index < -0.39 is 5.97 Å². The van der Waals surface area contributed by atoms with Crippen LogP contribution in [0, 0.1) is 5.92 Å². The average Bonchev–Trinajstić information content (AvgIpc) is 2.73.